The molecule has 5 nitrogen and oxygen atoms in total. The molecule has 0 bridgehead atoms. The molecule has 0 saturated carbocycles. The fraction of sp³-hybridized carbons (Fsp3) is 0.333. The Morgan fingerprint density at radius 2 is 2.09 bits per heavy atom. The maximum atomic E-state index is 12.2. The summed E-state index contributed by atoms with van der Waals surface area (Å²) in [7, 11) is 0. The lowest BCUT2D eigenvalue weighted by molar-refractivity contribution is 0.0694. The van der Waals surface area contributed by atoms with E-state index in [0.717, 1.165) is 16.9 Å². The predicted octanol–water partition coefficient (Wildman–Crippen LogP) is 3.11. The van der Waals surface area contributed by atoms with E-state index >= 15 is 0 Å². The van der Waals surface area contributed by atoms with Crippen molar-refractivity contribution in [1.29, 1.82) is 0 Å². The third-order valence-electron chi connectivity index (χ3n) is 4.26. The van der Waals surface area contributed by atoms with Gasteiger partial charge >= 0.3 is 5.97 Å². The van der Waals surface area contributed by atoms with Crippen molar-refractivity contribution >= 4 is 5.97 Å². The zero-order valence-corrected chi connectivity index (χ0v) is 13.4. The fourth-order valence-corrected chi connectivity index (χ4v) is 2.93. The van der Waals surface area contributed by atoms with Gasteiger partial charge in [-0.1, -0.05) is 19.9 Å². The molecule has 1 N–H and O–H groups in total. The number of aromatic nitrogens is 1. The van der Waals surface area contributed by atoms with Crippen molar-refractivity contribution in [2.24, 2.45) is 5.92 Å². The Hall–Kier alpha value is -2.56. The molecule has 0 aliphatic carbocycles. The van der Waals surface area contributed by atoms with Crippen molar-refractivity contribution in [2.45, 2.75) is 26.8 Å². The third-order valence-corrected chi connectivity index (χ3v) is 4.26. The minimum Gasteiger partial charge on any atom is -0.491 e. The van der Waals surface area contributed by atoms with Crippen LogP contribution in [-0.4, -0.2) is 22.2 Å². The summed E-state index contributed by atoms with van der Waals surface area (Å²) >= 11 is 0. The van der Waals surface area contributed by atoms with E-state index in [4.69, 9.17) is 4.74 Å². The maximum absolute atomic E-state index is 12.2. The molecule has 1 aliphatic heterocycles. The van der Waals surface area contributed by atoms with Crippen LogP contribution in [0.15, 0.2) is 35.3 Å². The van der Waals surface area contributed by atoms with E-state index in [1.807, 2.05) is 29.7 Å². The van der Waals surface area contributed by atoms with Crippen LogP contribution in [0.1, 0.15) is 35.8 Å². The average molecular weight is 313 g/mol. The maximum Gasteiger partial charge on any atom is 0.341 e. The van der Waals surface area contributed by atoms with Gasteiger partial charge < -0.3 is 14.4 Å². The number of pyridine rings is 1. The van der Waals surface area contributed by atoms with Crippen molar-refractivity contribution < 1.29 is 14.6 Å². The van der Waals surface area contributed by atoms with Gasteiger partial charge in [-0.05, 0) is 30.5 Å². The van der Waals surface area contributed by atoms with Gasteiger partial charge in [-0.2, -0.15) is 0 Å². The van der Waals surface area contributed by atoms with Gasteiger partial charge in [0.25, 0.3) is 0 Å². The van der Waals surface area contributed by atoms with Crippen molar-refractivity contribution in [3.63, 3.8) is 0 Å². The van der Waals surface area contributed by atoms with Gasteiger partial charge in [0.05, 0.1) is 11.7 Å². The standard InChI is InChI=1S/C18H19NO4/c1-10(2)15-9-23-17-6-11(3)4-5-12(17)14-7-16(20)13(18(21)22)8-19(14)15/h4-8,10,15H,9H2,1-3H3,(H,21,22)/t15-/m0/s1. The summed E-state index contributed by atoms with van der Waals surface area (Å²) in [6.45, 7) is 6.52. The lowest BCUT2D eigenvalue weighted by Gasteiger charge is -2.24. The van der Waals surface area contributed by atoms with E-state index in [0.29, 0.717) is 12.3 Å². The topological polar surface area (TPSA) is 68.5 Å². The molecule has 1 aliphatic rings. The molecule has 3 rings (SSSR count). The number of hydrogen-bond acceptors (Lipinski definition) is 3. The van der Waals surface area contributed by atoms with Gasteiger partial charge in [0.2, 0.25) is 0 Å². The highest BCUT2D eigenvalue weighted by Crippen LogP contribution is 2.37. The molecular weight excluding hydrogens is 294 g/mol. The minimum absolute atomic E-state index is 0.0450. The van der Waals surface area contributed by atoms with Crippen LogP contribution in [-0.2, 0) is 0 Å². The quantitative estimate of drug-likeness (QED) is 0.925. The molecule has 120 valence electrons. The van der Waals surface area contributed by atoms with Crippen LogP contribution in [0.3, 0.4) is 0 Å². The summed E-state index contributed by atoms with van der Waals surface area (Å²) in [6, 6.07) is 7.17. The number of benzene rings is 1. The van der Waals surface area contributed by atoms with Gasteiger partial charge in [0, 0.05) is 17.8 Å². The number of carboxylic acid groups (broad SMARTS) is 1. The SMILES string of the molecule is Cc1ccc2c(c1)OC[C@@H](C(C)C)n1cc(C(=O)O)c(=O)cc1-2. The molecule has 1 aromatic carbocycles. The Bertz CT molecular complexity index is 835. The zero-order valence-electron chi connectivity index (χ0n) is 13.4. The van der Waals surface area contributed by atoms with Crippen LogP contribution in [0.4, 0.5) is 0 Å². The highest BCUT2D eigenvalue weighted by atomic mass is 16.5. The Labute approximate surface area is 134 Å². The lowest BCUT2D eigenvalue weighted by atomic mass is 10.0. The Kier molecular flexibility index (Phi) is 3.72. The Morgan fingerprint density at radius 1 is 1.35 bits per heavy atom. The van der Waals surface area contributed by atoms with Gasteiger partial charge in [-0.25, -0.2) is 4.79 Å². The number of aryl methyl sites for hydroxylation is 1. The van der Waals surface area contributed by atoms with Gasteiger partial charge in [0.15, 0.2) is 5.43 Å². The predicted molar refractivity (Wildman–Crippen MR) is 87.2 cm³/mol. The van der Waals surface area contributed by atoms with E-state index in [-0.39, 0.29) is 17.5 Å². The van der Waals surface area contributed by atoms with Crippen molar-refractivity contribution in [3.05, 3.63) is 51.8 Å². The number of carboxylic acids is 1. The van der Waals surface area contributed by atoms with Crippen LogP contribution in [0, 0.1) is 12.8 Å². The molecule has 0 amide bonds. The molecule has 1 aromatic heterocycles. The molecule has 2 aromatic rings. The van der Waals surface area contributed by atoms with Gasteiger partial charge in [-0.15, -0.1) is 0 Å². The van der Waals surface area contributed by atoms with Crippen molar-refractivity contribution in [1.82, 2.24) is 4.57 Å². The monoisotopic (exact) mass is 313 g/mol. The normalized spacial score (nSPS) is 16.3. The van der Waals surface area contributed by atoms with E-state index in [1.165, 1.54) is 12.3 Å². The lowest BCUT2D eigenvalue weighted by Crippen LogP contribution is -2.25. The average Bonchev–Trinajstić information content (AvgIpc) is 2.62. The number of nitrogens with zero attached hydrogens (tertiary/aromatic N) is 1. The first kappa shape index (κ1) is 15.3. The number of carbonyl (C=O) groups is 1. The number of fused-ring (bicyclic) bond motifs is 3. The van der Waals surface area contributed by atoms with Gasteiger partial charge in [-0.3, -0.25) is 4.79 Å². The van der Waals surface area contributed by atoms with Crippen LogP contribution in [0.5, 0.6) is 5.75 Å². The molecule has 0 saturated heterocycles. The molecule has 0 spiro atoms. The largest absolute Gasteiger partial charge is 0.491 e. The summed E-state index contributed by atoms with van der Waals surface area (Å²) in [5.74, 6) is -0.250. The van der Waals surface area contributed by atoms with E-state index in [1.54, 1.807) is 0 Å². The van der Waals surface area contributed by atoms with Crippen LogP contribution < -0.4 is 10.2 Å². The summed E-state index contributed by atoms with van der Waals surface area (Å²) in [5.41, 5.74) is 1.89. The van der Waals surface area contributed by atoms with E-state index in [2.05, 4.69) is 13.8 Å². The second-order valence-corrected chi connectivity index (χ2v) is 6.27. The van der Waals surface area contributed by atoms with Crippen molar-refractivity contribution in [2.75, 3.05) is 6.61 Å². The highest BCUT2D eigenvalue weighted by Gasteiger charge is 2.26. The van der Waals surface area contributed by atoms with E-state index in [9.17, 15) is 14.7 Å². The molecule has 5 heteroatoms. The minimum atomic E-state index is -1.21. The van der Waals surface area contributed by atoms with Gasteiger partial charge in [0.1, 0.15) is 17.9 Å². The molecular formula is C18H19NO4. The first-order valence-electron chi connectivity index (χ1n) is 7.62. The smallest absolute Gasteiger partial charge is 0.341 e. The molecule has 2 heterocycles. The first-order chi connectivity index (χ1) is 10.9. The molecule has 0 unspecified atom stereocenters. The number of hydrogen-bond donors (Lipinski definition) is 1. The number of aromatic carboxylic acids is 1. The zero-order chi connectivity index (χ0) is 16.7. The fourth-order valence-electron chi connectivity index (χ4n) is 2.93. The molecule has 1 atom stereocenters. The molecule has 0 radical (unpaired) electrons. The number of ether oxygens (including phenoxy) is 1. The Balaban J connectivity index is 2.32. The second-order valence-electron chi connectivity index (χ2n) is 6.27. The summed E-state index contributed by atoms with van der Waals surface area (Å²) in [6.07, 6.45) is 1.45. The first-order valence-corrected chi connectivity index (χ1v) is 7.62. The van der Waals surface area contributed by atoms with Crippen molar-refractivity contribution in [3.8, 4) is 17.0 Å². The number of rotatable bonds is 2. The highest BCUT2D eigenvalue weighted by molar-refractivity contribution is 5.87. The molecule has 23 heavy (non-hydrogen) atoms. The summed E-state index contributed by atoms with van der Waals surface area (Å²) in [4.78, 5) is 23.5. The van der Waals surface area contributed by atoms with Crippen LogP contribution in [0.2, 0.25) is 0 Å². The molecule has 0 fully saturated rings. The Morgan fingerprint density at radius 3 is 2.74 bits per heavy atom. The van der Waals surface area contributed by atoms with Crippen LogP contribution in [0.25, 0.3) is 11.3 Å². The summed E-state index contributed by atoms with van der Waals surface area (Å²) in [5, 5.41) is 9.25. The third kappa shape index (κ3) is 2.63. The summed E-state index contributed by atoms with van der Waals surface area (Å²) < 4.78 is 7.83. The van der Waals surface area contributed by atoms with E-state index < -0.39 is 11.4 Å². The van der Waals surface area contributed by atoms with Crippen LogP contribution >= 0.6 is 0 Å². The second kappa shape index (κ2) is 5.57.